The van der Waals surface area contributed by atoms with Crippen LogP contribution in [0.15, 0.2) is 200 Å². The van der Waals surface area contributed by atoms with Gasteiger partial charge in [0.2, 0.25) is 0 Å². The van der Waals surface area contributed by atoms with Crippen molar-refractivity contribution in [2.75, 3.05) is 16.5 Å². The van der Waals surface area contributed by atoms with E-state index in [4.69, 9.17) is 7.48 Å². The lowest BCUT2D eigenvalue weighted by atomic mass is 9.78. The van der Waals surface area contributed by atoms with Crippen molar-refractivity contribution in [1.29, 1.82) is 0 Å². The maximum Gasteiger partial charge on any atom is 0.137 e. The molecule has 1 aliphatic rings. The van der Waals surface area contributed by atoms with Crippen molar-refractivity contribution in [3.63, 3.8) is 0 Å². The zero-order valence-corrected chi connectivity index (χ0v) is 42.2. The van der Waals surface area contributed by atoms with Crippen molar-refractivity contribution in [3.8, 4) is 50.7 Å². The highest BCUT2D eigenvalue weighted by atomic mass is 16.5. The third-order valence-electron chi connectivity index (χ3n) is 13.9. The van der Waals surface area contributed by atoms with E-state index in [9.17, 15) is 1.37 Å². The normalized spacial score (nSPS) is 13.6. The summed E-state index contributed by atoms with van der Waals surface area (Å²) < 4.78 is 35.7. The van der Waals surface area contributed by atoms with Gasteiger partial charge in [0.15, 0.2) is 0 Å². The van der Waals surface area contributed by atoms with Gasteiger partial charge in [-0.2, -0.15) is 0 Å². The fraction of sp³-hybridized carbons (Fsp3) is 0.197. The van der Waals surface area contributed by atoms with Crippen LogP contribution in [0, 0.1) is 0 Å². The molecule has 0 N–H and O–H groups in total. The number of ether oxygens (including phenoxy) is 1. The highest BCUT2D eigenvalue weighted by Crippen LogP contribution is 2.51. The maximum atomic E-state index is 9.41. The van der Waals surface area contributed by atoms with Crippen molar-refractivity contribution in [2.24, 2.45) is 0 Å². The van der Waals surface area contributed by atoms with E-state index in [-0.39, 0.29) is 29.1 Å². The number of hydrogen-bond donors (Lipinski definition) is 0. The summed E-state index contributed by atoms with van der Waals surface area (Å²) >= 11 is 0. The fourth-order valence-electron chi connectivity index (χ4n) is 9.95. The lowest BCUT2D eigenvalue weighted by Crippen LogP contribution is -2.25. The molecule has 0 bridgehead atoms. The number of benzene rings is 8. The summed E-state index contributed by atoms with van der Waals surface area (Å²) in [4.78, 5) is 9.46. The number of hydrogen-bond acceptors (Lipinski definition) is 4. The van der Waals surface area contributed by atoms with Crippen LogP contribution in [0.4, 0.5) is 22.7 Å². The summed E-state index contributed by atoms with van der Waals surface area (Å²) in [5, 5.41) is 1.97. The van der Waals surface area contributed by atoms with Crippen molar-refractivity contribution < 1.29 is 8.85 Å². The van der Waals surface area contributed by atoms with E-state index in [1.807, 2.05) is 61.7 Å². The lowest BCUT2D eigenvalue weighted by molar-refractivity contribution is 0.483. The third-order valence-corrected chi connectivity index (χ3v) is 13.9. The highest BCUT2D eigenvalue weighted by Gasteiger charge is 2.32. The van der Waals surface area contributed by atoms with Crippen molar-refractivity contribution >= 4 is 44.6 Å². The Morgan fingerprint density at radius 2 is 1.06 bits per heavy atom. The number of rotatable bonds is 8. The number of fused-ring (bicyclic) bond motifs is 4. The van der Waals surface area contributed by atoms with Gasteiger partial charge in [-0.1, -0.05) is 184 Å². The van der Waals surface area contributed by atoms with Gasteiger partial charge >= 0.3 is 0 Å². The molecule has 71 heavy (non-hydrogen) atoms. The molecule has 0 unspecified atom stereocenters. The van der Waals surface area contributed by atoms with Gasteiger partial charge in [-0.05, 0) is 116 Å². The molecule has 2 aromatic heterocycles. The van der Waals surface area contributed by atoms with Crippen LogP contribution in [0.5, 0.6) is 11.5 Å². The van der Waals surface area contributed by atoms with Crippen LogP contribution in [0.25, 0.3) is 61.0 Å². The number of anilines is 4. The molecule has 0 saturated heterocycles. The van der Waals surface area contributed by atoms with Gasteiger partial charge in [0, 0.05) is 45.9 Å². The Labute approximate surface area is 423 Å². The van der Waals surface area contributed by atoms with Crippen molar-refractivity contribution in [1.82, 2.24) is 9.55 Å². The third kappa shape index (κ3) is 8.65. The molecule has 8 aromatic carbocycles. The Kier molecular flexibility index (Phi) is 10.4. The topological polar surface area (TPSA) is 33.5 Å². The molecule has 0 radical (unpaired) electrons. The summed E-state index contributed by atoms with van der Waals surface area (Å²) in [5.41, 5.74) is 15.4. The van der Waals surface area contributed by atoms with E-state index in [1.54, 1.807) is 0 Å². The first-order chi connectivity index (χ1) is 35.3. The Morgan fingerprint density at radius 3 is 1.79 bits per heavy atom. The quantitative estimate of drug-likeness (QED) is 0.152. The van der Waals surface area contributed by atoms with E-state index >= 15 is 0 Å². The Balaban J connectivity index is 1.02. The molecule has 11 rings (SSSR count). The standard InChI is InChI=1S/C66H62N4O/c1-64(2,3)48-34-35-67-62(40-48)70-58-29-14-13-26-56(58)57-33-32-53(42-61(57)70)71-52-25-18-24-51(41-52)68-43-69(60-31-16-15-30-59(60)68)63-54(46-23-17-22-45(36-46)44-20-11-10-12-21-44)27-19-28-55(63)47-37-49(65(4,5)6)39-50(38-47)66(7,8)9/h10-42H,43H2,1-9H3/i34D,35D,40D. The maximum absolute atomic E-state index is 9.41. The van der Waals surface area contributed by atoms with Crippen LogP contribution in [-0.2, 0) is 16.2 Å². The second-order valence-electron chi connectivity index (χ2n) is 22.0. The summed E-state index contributed by atoms with van der Waals surface area (Å²) in [7, 11) is 0. The summed E-state index contributed by atoms with van der Waals surface area (Å²) in [5.74, 6) is 1.62. The molecular formula is C66H62N4O. The molecule has 5 nitrogen and oxygen atoms in total. The van der Waals surface area contributed by atoms with Gasteiger partial charge in [0.05, 0.1) is 32.2 Å². The van der Waals surface area contributed by atoms with E-state index in [0.717, 1.165) is 55.7 Å². The first-order valence-corrected chi connectivity index (χ1v) is 24.7. The van der Waals surface area contributed by atoms with Gasteiger partial charge < -0.3 is 14.5 Å². The van der Waals surface area contributed by atoms with Crippen LogP contribution < -0.4 is 14.5 Å². The van der Waals surface area contributed by atoms with Crippen molar-refractivity contribution in [2.45, 2.75) is 78.6 Å². The predicted molar refractivity (Wildman–Crippen MR) is 300 cm³/mol. The molecule has 0 amide bonds. The number of pyridine rings is 1. The Hall–Kier alpha value is -7.89. The second-order valence-corrected chi connectivity index (χ2v) is 22.0. The molecule has 1 aliphatic heterocycles. The van der Waals surface area contributed by atoms with Gasteiger partial charge in [-0.15, -0.1) is 0 Å². The molecular weight excluding hydrogens is 865 g/mol. The smallest absolute Gasteiger partial charge is 0.137 e. The van der Waals surface area contributed by atoms with E-state index < -0.39 is 5.41 Å². The van der Waals surface area contributed by atoms with E-state index in [0.29, 0.717) is 29.5 Å². The fourth-order valence-corrected chi connectivity index (χ4v) is 9.95. The average Bonchev–Trinajstić information content (AvgIpc) is 3.92. The van der Waals surface area contributed by atoms with E-state index in [2.05, 4.69) is 202 Å². The Bertz CT molecular complexity index is 3770. The monoisotopic (exact) mass is 930 g/mol. The molecule has 3 heterocycles. The number of aromatic nitrogens is 2. The minimum Gasteiger partial charge on any atom is -0.457 e. The van der Waals surface area contributed by atoms with Gasteiger partial charge in [0.1, 0.15) is 24.0 Å². The van der Waals surface area contributed by atoms with Gasteiger partial charge in [0.25, 0.3) is 0 Å². The first kappa shape index (κ1) is 42.0. The molecule has 0 atom stereocenters. The van der Waals surface area contributed by atoms with Crippen LogP contribution in [0.1, 0.15) is 83.1 Å². The molecule has 0 aliphatic carbocycles. The number of para-hydroxylation sites is 4. The SMILES string of the molecule is [2H]c1nc(-n2c3ccccc3c3ccc(Oc4cccc(N5CN(c6c(-c7cccc(-c8ccccc8)c7)cccc6-c6cc(C(C)(C)C)cc(C(C)(C)C)c6)c6ccccc65)c4)cc32)c([2H])c(C(C)(C)C)c1[2H]. The van der Waals surface area contributed by atoms with Crippen LogP contribution in [0.3, 0.4) is 0 Å². The van der Waals surface area contributed by atoms with E-state index in [1.165, 1.54) is 33.4 Å². The molecule has 5 heteroatoms. The van der Waals surface area contributed by atoms with Crippen LogP contribution in [-0.4, -0.2) is 16.2 Å². The first-order valence-electron chi connectivity index (χ1n) is 26.2. The minimum atomic E-state index is -0.541. The van der Waals surface area contributed by atoms with Gasteiger partial charge in [-0.3, -0.25) is 4.57 Å². The molecule has 352 valence electrons. The second kappa shape index (κ2) is 17.5. The Morgan fingerprint density at radius 1 is 0.465 bits per heavy atom. The zero-order chi connectivity index (χ0) is 51.8. The van der Waals surface area contributed by atoms with Crippen LogP contribution >= 0.6 is 0 Å². The molecule has 0 fully saturated rings. The summed E-state index contributed by atoms with van der Waals surface area (Å²) in [6, 6.07) is 64.8. The zero-order valence-electron chi connectivity index (χ0n) is 45.2. The van der Waals surface area contributed by atoms with Gasteiger partial charge in [-0.25, -0.2) is 4.98 Å². The molecule has 10 aromatic rings. The largest absolute Gasteiger partial charge is 0.457 e. The molecule has 0 saturated carbocycles. The van der Waals surface area contributed by atoms with Crippen LogP contribution in [0.2, 0.25) is 0 Å². The average molecular weight is 930 g/mol. The number of nitrogens with zero attached hydrogens (tertiary/aromatic N) is 4. The van der Waals surface area contributed by atoms with Crippen molar-refractivity contribution in [3.05, 3.63) is 217 Å². The summed E-state index contributed by atoms with van der Waals surface area (Å²) in [6.45, 7) is 20.3. The predicted octanol–water partition coefficient (Wildman–Crippen LogP) is 18.1. The lowest BCUT2D eigenvalue weighted by Gasteiger charge is -2.29. The minimum absolute atomic E-state index is 0.0153. The highest BCUT2D eigenvalue weighted by molar-refractivity contribution is 6.09. The summed E-state index contributed by atoms with van der Waals surface area (Å²) in [6.07, 6.45) is -0.153. The molecule has 0 spiro atoms.